The Hall–Kier alpha value is -1.92. The van der Waals surface area contributed by atoms with E-state index in [1.807, 2.05) is 0 Å². The minimum atomic E-state index is -4.68. The van der Waals surface area contributed by atoms with Crippen LogP contribution in [0.4, 0.5) is 17.6 Å². The minimum Gasteiger partial charge on any atom is -0.334 e. The molecule has 0 saturated heterocycles. The van der Waals surface area contributed by atoms with Gasteiger partial charge in [-0.1, -0.05) is 5.16 Å². The van der Waals surface area contributed by atoms with E-state index in [-0.39, 0.29) is 17.3 Å². The summed E-state index contributed by atoms with van der Waals surface area (Å²) in [6, 6.07) is 2.27. The van der Waals surface area contributed by atoms with Crippen molar-refractivity contribution in [2.45, 2.75) is 13.1 Å². The maximum Gasteiger partial charge on any atom is 0.417 e. The van der Waals surface area contributed by atoms with Crippen LogP contribution in [-0.4, -0.2) is 10.1 Å². The molecule has 0 N–H and O–H groups in total. The lowest BCUT2D eigenvalue weighted by atomic mass is 10.1. The van der Waals surface area contributed by atoms with Gasteiger partial charge in [0.05, 0.1) is 11.1 Å². The van der Waals surface area contributed by atoms with Crippen LogP contribution in [0, 0.1) is 12.7 Å². The SMILES string of the molecule is Cc1noc(-c2ccc(F)cc2C(F)(F)F)n1. The highest BCUT2D eigenvalue weighted by Crippen LogP contribution is 2.36. The van der Waals surface area contributed by atoms with Gasteiger partial charge in [0.1, 0.15) is 5.82 Å². The second-order valence-corrected chi connectivity index (χ2v) is 3.33. The quantitative estimate of drug-likeness (QED) is 0.725. The number of aromatic nitrogens is 2. The molecular weight excluding hydrogens is 240 g/mol. The van der Waals surface area contributed by atoms with Crippen molar-refractivity contribution in [3.8, 4) is 11.5 Å². The minimum absolute atomic E-state index is 0.206. The highest BCUT2D eigenvalue weighted by atomic mass is 19.4. The van der Waals surface area contributed by atoms with Crippen LogP contribution in [0.15, 0.2) is 22.7 Å². The second-order valence-electron chi connectivity index (χ2n) is 3.33. The number of alkyl halides is 3. The van der Waals surface area contributed by atoms with E-state index in [1.165, 1.54) is 6.92 Å². The molecule has 2 aromatic rings. The Bertz CT molecular complexity index is 547. The zero-order valence-electron chi connectivity index (χ0n) is 8.55. The fraction of sp³-hybridized carbons (Fsp3) is 0.200. The predicted molar refractivity (Wildman–Crippen MR) is 49.4 cm³/mol. The number of nitrogens with zero attached hydrogens (tertiary/aromatic N) is 2. The van der Waals surface area contributed by atoms with Gasteiger partial charge >= 0.3 is 6.18 Å². The monoisotopic (exact) mass is 246 g/mol. The summed E-state index contributed by atoms with van der Waals surface area (Å²) in [4.78, 5) is 3.68. The lowest BCUT2D eigenvalue weighted by Crippen LogP contribution is -2.07. The molecule has 1 aromatic heterocycles. The molecule has 2 rings (SSSR count). The number of hydrogen-bond acceptors (Lipinski definition) is 3. The van der Waals surface area contributed by atoms with Crippen molar-refractivity contribution >= 4 is 0 Å². The van der Waals surface area contributed by atoms with E-state index in [0.29, 0.717) is 6.07 Å². The zero-order chi connectivity index (χ0) is 12.6. The van der Waals surface area contributed by atoms with Gasteiger partial charge in [-0.25, -0.2) is 4.39 Å². The van der Waals surface area contributed by atoms with Crippen molar-refractivity contribution in [2.24, 2.45) is 0 Å². The topological polar surface area (TPSA) is 38.9 Å². The van der Waals surface area contributed by atoms with E-state index in [0.717, 1.165) is 12.1 Å². The van der Waals surface area contributed by atoms with Gasteiger partial charge in [0, 0.05) is 0 Å². The number of aryl methyl sites for hydroxylation is 1. The first-order valence-corrected chi connectivity index (χ1v) is 4.55. The molecule has 90 valence electrons. The van der Waals surface area contributed by atoms with E-state index < -0.39 is 17.6 Å². The second kappa shape index (κ2) is 3.83. The van der Waals surface area contributed by atoms with Crippen LogP contribution in [0.25, 0.3) is 11.5 Å². The number of rotatable bonds is 1. The lowest BCUT2D eigenvalue weighted by Gasteiger charge is -2.09. The molecule has 0 aliphatic heterocycles. The van der Waals surface area contributed by atoms with Crippen LogP contribution in [0.2, 0.25) is 0 Å². The Balaban J connectivity index is 2.61. The van der Waals surface area contributed by atoms with Gasteiger partial charge in [-0.3, -0.25) is 0 Å². The molecule has 3 nitrogen and oxygen atoms in total. The molecular formula is C10H6F4N2O. The molecule has 0 radical (unpaired) electrons. The van der Waals surface area contributed by atoms with Crippen molar-refractivity contribution in [1.29, 1.82) is 0 Å². The van der Waals surface area contributed by atoms with Crippen LogP contribution >= 0.6 is 0 Å². The fourth-order valence-electron chi connectivity index (χ4n) is 1.34. The Kier molecular flexibility index (Phi) is 2.60. The highest BCUT2D eigenvalue weighted by molar-refractivity contribution is 5.59. The normalized spacial score (nSPS) is 11.8. The van der Waals surface area contributed by atoms with Crippen LogP contribution in [0.3, 0.4) is 0 Å². The van der Waals surface area contributed by atoms with Gasteiger partial charge in [0.2, 0.25) is 0 Å². The third-order valence-corrected chi connectivity index (χ3v) is 2.04. The maximum atomic E-state index is 12.8. The third kappa shape index (κ3) is 2.27. The Morgan fingerprint density at radius 2 is 1.94 bits per heavy atom. The van der Waals surface area contributed by atoms with E-state index >= 15 is 0 Å². The predicted octanol–water partition coefficient (Wildman–Crippen LogP) is 3.20. The maximum absolute atomic E-state index is 12.8. The van der Waals surface area contributed by atoms with Gasteiger partial charge in [-0.05, 0) is 25.1 Å². The zero-order valence-corrected chi connectivity index (χ0v) is 8.55. The van der Waals surface area contributed by atoms with Crippen LogP contribution in [-0.2, 0) is 6.18 Å². The summed E-state index contributed by atoms with van der Waals surface area (Å²) < 4.78 is 55.5. The molecule has 0 aliphatic carbocycles. The lowest BCUT2D eigenvalue weighted by molar-refractivity contribution is -0.137. The third-order valence-electron chi connectivity index (χ3n) is 2.04. The van der Waals surface area contributed by atoms with Crippen molar-refractivity contribution < 1.29 is 22.1 Å². The number of halogens is 4. The van der Waals surface area contributed by atoms with Crippen LogP contribution in [0.5, 0.6) is 0 Å². The van der Waals surface area contributed by atoms with Gasteiger partial charge < -0.3 is 4.52 Å². The van der Waals surface area contributed by atoms with Gasteiger partial charge in [0.15, 0.2) is 5.82 Å². The molecule has 1 heterocycles. The summed E-state index contributed by atoms with van der Waals surface area (Å²) in [6.45, 7) is 1.48. The van der Waals surface area contributed by atoms with Crippen molar-refractivity contribution in [3.05, 3.63) is 35.4 Å². The molecule has 7 heteroatoms. The molecule has 0 bridgehead atoms. The summed E-state index contributed by atoms with van der Waals surface area (Å²) in [5.41, 5.74) is -1.47. The standard InChI is InChI=1S/C10H6F4N2O/c1-5-15-9(17-16-5)7-3-2-6(11)4-8(7)10(12,13)14/h2-4H,1H3. The summed E-state index contributed by atoms with van der Waals surface area (Å²) in [5.74, 6) is -1.05. The van der Waals surface area contributed by atoms with Gasteiger partial charge in [-0.2, -0.15) is 18.2 Å². The molecule has 0 amide bonds. The summed E-state index contributed by atoms with van der Waals surface area (Å²) in [7, 11) is 0. The van der Waals surface area contributed by atoms with Gasteiger partial charge in [-0.15, -0.1) is 0 Å². The van der Waals surface area contributed by atoms with E-state index in [9.17, 15) is 17.6 Å². The van der Waals surface area contributed by atoms with Crippen LogP contribution in [0.1, 0.15) is 11.4 Å². The van der Waals surface area contributed by atoms with Gasteiger partial charge in [0.25, 0.3) is 5.89 Å². The van der Waals surface area contributed by atoms with E-state index in [2.05, 4.69) is 14.7 Å². The highest BCUT2D eigenvalue weighted by Gasteiger charge is 2.35. The summed E-state index contributed by atoms with van der Waals surface area (Å²) >= 11 is 0. The smallest absolute Gasteiger partial charge is 0.334 e. The molecule has 0 saturated carbocycles. The molecule has 17 heavy (non-hydrogen) atoms. The fourth-order valence-corrected chi connectivity index (χ4v) is 1.34. The van der Waals surface area contributed by atoms with E-state index in [4.69, 9.17) is 0 Å². The molecule has 0 aliphatic rings. The van der Waals surface area contributed by atoms with E-state index in [1.54, 1.807) is 0 Å². The Morgan fingerprint density at radius 3 is 2.47 bits per heavy atom. The van der Waals surface area contributed by atoms with Crippen LogP contribution < -0.4 is 0 Å². The largest absolute Gasteiger partial charge is 0.417 e. The Morgan fingerprint density at radius 1 is 1.24 bits per heavy atom. The average molecular weight is 246 g/mol. The van der Waals surface area contributed by atoms with Crippen molar-refractivity contribution in [3.63, 3.8) is 0 Å². The molecule has 0 unspecified atom stereocenters. The number of benzene rings is 1. The summed E-state index contributed by atoms with van der Waals surface area (Å²) in [6.07, 6.45) is -4.68. The average Bonchev–Trinajstić information content (AvgIpc) is 2.63. The first-order chi connectivity index (χ1) is 7.88. The molecule has 1 aromatic carbocycles. The first kappa shape index (κ1) is 11.6. The van der Waals surface area contributed by atoms with Crippen molar-refractivity contribution in [1.82, 2.24) is 10.1 Å². The van der Waals surface area contributed by atoms with Crippen molar-refractivity contribution in [2.75, 3.05) is 0 Å². The molecule has 0 spiro atoms. The Labute approximate surface area is 93.1 Å². The molecule has 0 atom stereocenters. The number of hydrogen-bond donors (Lipinski definition) is 0. The first-order valence-electron chi connectivity index (χ1n) is 4.55. The molecule has 0 fully saturated rings. The summed E-state index contributed by atoms with van der Waals surface area (Å²) in [5, 5.41) is 3.39.